The van der Waals surface area contributed by atoms with E-state index in [-0.39, 0.29) is 5.97 Å². The lowest BCUT2D eigenvalue weighted by molar-refractivity contribution is -0.137. The van der Waals surface area contributed by atoms with Crippen LogP contribution in [0, 0.1) is 5.39 Å². The fraction of sp³-hybridized carbons (Fsp3) is 0.182. The molecule has 0 aliphatic rings. The summed E-state index contributed by atoms with van der Waals surface area (Å²) in [6.45, 7) is 2.10. The van der Waals surface area contributed by atoms with E-state index in [1.54, 1.807) is 37.3 Å². The average Bonchev–Trinajstić information content (AvgIpc) is 2.27. The van der Waals surface area contributed by atoms with E-state index in [9.17, 15) is 4.79 Å². The largest absolute Gasteiger partial charge is 0.463 e. The van der Waals surface area contributed by atoms with Crippen molar-refractivity contribution in [3.8, 4) is 0 Å². The molecule has 0 aliphatic heterocycles. The molecule has 1 aromatic carbocycles. The average molecular weight is 203 g/mol. The molecule has 0 atom stereocenters. The van der Waals surface area contributed by atoms with E-state index < -0.39 is 0 Å². The molecule has 4 heteroatoms. The molecule has 0 heterocycles. The van der Waals surface area contributed by atoms with E-state index in [2.05, 4.69) is 4.98 Å². The van der Waals surface area contributed by atoms with Crippen molar-refractivity contribution in [2.45, 2.75) is 6.92 Å². The second kappa shape index (κ2) is 5.55. The minimum absolute atomic E-state index is 0.356. The summed E-state index contributed by atoms with van der Waals surface area (Å²) in [5.74, 6) is -0.385. The van der Waals surface area contributed by atoms with E-state index in [0.29, 0.717) is 12.3 Å². The van der Waals surface area contributed by atoms with Gasteiger partial charge in [0.15, 0.2) is 4.98 Å². The van der Waals surface area contributed by atoms with Gasteiger partial charge in [-0.3, -0.25) is 0 Å². The Labute approximate surface area is 87.8 Å². The highest BCUT2D eigenvalue weighted by atomic mass is 16.5. The summed E-state index contributed by atoms with van der Waals surface area (Å²) in [4.78, 5) is 14.0. The van der Waals surface area contributed by atoms with Gasteiger partial charge in [0.25, 0.3) is 0 Å². The van der Waals surface area contributed by atoms with Gasteiger partial charge in [0, 0.05) is 18.2 Å². The minimum Gasteiger partial charge on any atom is -0.463 e. The summed E-state index contributed by atoms with van der Waals surface area (Å²) >= 11 is 0. The SMILES string of the molecule is CCOC(=O)/C=C/c1cccc([N+]#N)c1. The molecule has 15 heavy (non-hydrogen) atoms. The van der Waals surface area contributed by atoms with Crippen LogP contribution in [0.1, 0.15) is 12.5 Å². The predicted molar refractivity (Wildman–Crippen MR) is 56.9 cm³/mol. The molecule has 0 amide bonds. The molecule has 0 spiro atoms. The number of rotatable bonds is 3. The quantitative estimate of drug-likeness (QED) is 0.431. The lowest BCUT2D eigenvalue weighted by Crippen LogP contribution is -1.98. The number of benzene rings is 1. The van der Waals surface area contributed by atoms with Crippen LogP contribution in [0.2, 0.25) is 0 Å². The first-order valence-corrected chi connectivity index (χ1v) is 4.56. The van der Waals surface area contributed by atoms with Gasteiger partial charge in [-0.05, 0) is 18.6 Å². The highest BCUT2D eigenvalue weighted by molar-refractivity contribution is 5.87. The number of carbonyl (C=O) groups is 1. The van der Waals surface area contributed by atoms with Crippen molar-refractivity contribution in [1.82, 2.24) is 0 Å². The lowest BCUT2D eigenvalue weighted by Gasteiger charge is -1.94. The number of carbonyl (C=O) groups excluding carboxylic acids is 1. The van der Waals surface area contributed by atoms with Gasteiger partial charge < -0.3 is 4.74 Å². The van der Waals surface area contributed by atoms with Crippen molar-refractivity contribution >= 4 is 17.7 Å². The molecule has 1 rings (SSSR count). The van der Waals surface area contributed by atoms with Crippen LogP contribution in [0.3, 0.4) is 0 Å². The molecule has 0 bridgehead atoms. The van der Waals surface area contributed by atoms with Gasteiger partial charge in [-0.15, -0.1) is 0 Å². The van der Waals surface area contributed by atoms with Crippen molar-refractivity contribution in [1.29, 1.82) is 5.39 Å². The third-order valence-electron chi connectivity index (χ3n) is 1.68. The second-order valence-electron chi connectivity index (χ2n) is 2.78. The Morgan fingerprint density at radius 3 is 3.07 bits per heavy atom. The third kappa shape index (κ3) is 3.61. The molecule has 1 aromatic rings. The molecule has 0 saturated heterocycles. The van der Waals surface area contributed by atoms with Crippen molar-refractivity contribution in [2.75, 3.05) is 6.61 Å². The standard InChI is InChI=1S/C11H11N2O2/c1-2-15-11(14)7-6-9-4-3-5-10(8-9)13-12/h3-8H,2H2,1H3/q+1/b7-6+. The minimum atomic E-state index is -0.385. The molecule has 0 saturated carbocycles. The van der Waals surface area contributed by atoms with E-state index in [1.165, 1.54) is 6.08 Å². The Bertz CT molecular complexity index is 419. The zero-order valence-corrected chi connectivity index (χ0v) is 8.38. The third-order valence-corrected chi connectivity index (χ3v) is 1.68. The van der Waals surface area contributed by atoms with Gasteiger partial charge in [0.1, 0.15) is 0 Å². The normalized spacial score (nSPS) is 9.87. The Morgan fingerprint density at radius 2 is 2.40 bits per heavy atom. The van der Waals surface area contributed by atoms with Crippen LogP contribution in [0.15, 0.2) is 30.3 Å². The van der Waals surface area contributed by atoms with E-state index in [0.717, 1.165) is 5.56 Å². The van der Waals surface area contributed by atoms with Gasteiger partial charge in [-0.25, -0.2) is 4.79 Å². The van der Waals surface area contributed by atoms with Crippen LogP contribution >= 0.6 is 0 Å². The van der Waals surface area contributed by atoms with E-state index >= 15 is 0 Å². The fourth-order valence-corrected chi connectivity index (χ4v) is 1.05. The van der Waals surface area contributed by atoms with Crippen LogP contribution in [-0.2, 0) is 9.53 Å². The summed E-state index contributed by atoms with van der Waals surface area (Å²) in [5, 5.41) is 8.53. The summed E-state index contributed by atoms with van der Waals surface area (Å²) in [6.07, 6.45) is 2.94. The monoisotopic (exact) mass is 203 g/mol. The summed E-state index contributed by atoms with van der Waals surface area (Å²) < 4.78 is 4.72. The molecule has 0 radical (unpaired) electrons. The van der Waals surface area contributed by atoms with Crippen LogP contribution in [0.4, 0.5) is 5.69 Å². The van der Waals surface area contributed by atoms with Gasteiger partial charge in [0.2, 0.25) is 5.39 Å². The van der Waals surface area contributed by atoms with E-state index in [1.807, 2.05) is 0 Å². The van der Waals surface area contributed by atoms with Gasteiger partial charge >= 0.3 is 11.7 Å². The van der Waals surface area contributed by atoms with Crippen molar-refractivity contribution in [2.24, 2.45) is 0 Å². The zero-order valence-electron chi connectivity index (χ0n) is 8.38. The number of esters is 1. The number of hydrogen-bond donors (Lipinski definition) is 0. The molecular weight excluding hydrogens is 192 g/mol. The van der Waals surface area contributed by atoms with Crippen molar-refractivity contribution < 1.29 is 9.53 Å². The maximum absolute atomic E-state index is 11.0. The maximum atomic E-state index is 11.0. The first-order chi connectivity index (χ1) is 7.26. The fourth-order valence-electron chi connectivity index (χ4n) is 1.05. The number of hydrogen-bond acceptors (Lipinski definition) is 3. The maximum Gasteiger partial charge on any atom is 0.385 e. The molecule has 0 fully saturated rings. The lowest BCUT2D eigenvalue weighted by atomic mass is 10.2. The predicted octanol–water partition coefficient (Wildman–Crippen LogP) is 2.75. The van der Waals surface area contributed by atoms with Crippen molar-refractivity contribution in [3.63, 3.8) is 0 Å². The number of nitrogens with zero attached hydrogens (tertiary/aromatic N) is 2. The highest BCUT2D eigenvalue weighted by Crippen LogP contribution is 2.14. The Kier molecular flexibility index (Phi) is 4.05. The first kappa shape index (κ1) is 10.9. The highest BCUT2D eigenvalue weighted by Gasteiger charge is 2.02. The second-order valence-corrected chi connectivity index (χ2v) is 2.78. The number of diazo groups is 1. The van der Waals surface area contributed by atoms with Crippen molar-refractivity contribution in [3.05, 3.63) is 40.9 Å². The first-order valence-electron chi connectivity index (χ1n) is 4.56. The molecular formula is C11H11N2O2+. The summed E-state index contributed by atoms with van der Waals surface area (Å²) in [7, 11) is 0. The van der Waals surface area contributed by atoms with Crippen LogP contribution in [-0.4, -0.2) is 12.6 Å². The molecule has 0 aliphatic carbocycles. The smallest absolute Gasteiger partial charge is 0.385 e. The van der Waals surface area contributed by atoms with E-state index in [4.69, 9.17) is 10.1 Å². The topological polar surface area (TPSA) is 54.5 Å². The Balaban J connectivity index is 2.72. The Hall–Kier alpha value is -2.15. The van der Waals surface area contributed by atoms with Crippen LogP contribution < -0.4 is 0 Å². The number of ether oxygens (including phenoxy) is 1. The molecule has 76 valence electrons. The molecule has 4 nitrogen and oxygen atoms in total. The van der Waals surface area contributed by atoms with Crippen LogP contribution in [0.25, 0.3) is 11.1 Å². The van der Waals surface area contributed by atoms with Gasteiger partial charge in [-0.2, -0.15) is 0 Å². The van der Waals surface area contributed by atoms with Gasteiger partial charge in [0.05, 0.1) is 6.61 Å². The summed E-state index contributed by atoms with van der Waals surface area (Å²) in [5.41, 5.74) is 1.22. The Morgan fingerprint density at radius 1 is 1.60 bits per heavy atom. The zero-order chi connectivity index (χ0) is 11.1. The summed E-state index contributed by atoms with van der Waals surface area (Å²) in [6, 6.07) is 6.84. The van der Waals surface area contributed by atoms with Crippen LogP contribution in [0.5, 0.6) is 0 Å². The molecule has 0 N–H and O–H groups in total. The van der Waals surface area contributed by atoms with Gasteiger partial charge in [-0.1, -0.05) is 12.1 Å². The molecule has 0 aromatic heterocycles. The molecule has 0 unspecified atom stereocenters.